The highest BCUT2D eigenvalue weighted by molar-refractivity contribution is 5.86. The molecule has 1 amide bonds. The number of cyclic esters (lactones) is 1. The van der Waals surface area contributed by atoms with Gasteiger partial charge in [0.2, 0.25) is 5.91 Å². The maximum absolute atomic E-state index is 11.8. The molecule has 1 aliphatic rings. The van der Waals surface area contributed by atoms with E-state index in [2.05, 4.69) is 5.32 Å². The van der Waals surface area contributed by atoms with E-state index < -0.39 is 12.0 Å². The van der Waals surface area contributed by atoms with Crippen molar-refractivity contribution in [2.24, 2.45) is 0 Å². The van der Waals surface area contributed by atoms with Gasteiger partial charge in [-0.1, -0.05) is 12.1 Å². The largest absolute Gasteiger partial charge is 0.508 e. The van der Waals surface area contributed by atoms with Gasteiger partial charge in [-0.3, -0.25) is 4.79 Å². The summed E-state index contributed by atoms with van der Waals surface area (Å²) in [6.45, 7) is 1.69. The van der Waals surface area contributed by atoms with Gasteiger partial charge in [-0.2, -0.15) is 0 Å². The number of phenolic OH excluding ortho intramolecular Hbond substituents is 1. The van der Waals surface area contributed by atoms with Crippen molar-refractivity contribution in [3.8, 4) is 5.75 Å². The molecule has 2 atom stereocenters. The molecular weight excluding hydrogens is 234 g/mol. The number of hydrogen-bond donors (Lipinski definition) is 2. The number of carbonyl (C=O) groups excluding carboxylic acids is 2. The Balaban J connectivity index is 2.09. The first-order valence-corrected chi connectivity index (χ1v) is 5.82. The Bertz CT molecular complexity index is 455. The fourth-order valence-electron chi connectivity index (χ4n) is 1.90. The lowest BCUT2D eigenvalue weighted by atomic mass is 10.1. The van der Waals surface area contributed by atoms with Gasteiger partial charge in [-0.05, 0) is 24.6 Å². The molecule has 0 aromatic heterocycles. The molecule has 1 saturated heterocycles. The summed E-state index contributed by atoms with van der Waals surface area (Å²) in [6, 6.07) is 5.85. The molecule has 2 rings (SSSR count). The Morgan fingerprint density at radius 3 is 2.67 bits per heavy atom. The monoisotopic (exact) mass is 249 g/mol. The van der Waals surface area contributed by atoms with E-state index in [0.717, 1.165) is 5.56 Å². The van der Waals surface area contributed by atoms with Crippen molar-refractivity contribution in [3.63, 3.8) is 0 Å². The fraction of sp³-hybridized carbons (Fsp3) is 0.385. The van der Waals surface area contributed by atoms with Gasteiger partial charge in [0.1, 0.15) is 17.9 Å². The average molecular weight is 249 g/mol. The third kappa shape index (κ3) is 3.00. The van der Waals surface area contributed by atoms with Crippen LogP contribution in [-0.2, 0) is 20.7 Å². The van der Waals surface area contributed by atoms with Crippen molar-refractivity contribution in [1.29, 1.82) is 0 Å². The molecule has 1 aromatic rings. The van der Waals surface area contributed by atoms with Gasteiger partial charge in [0.25, 0.3) is 0 Å². The molecule has 18 heavy (non-hydrogen) atoms. The molecular formula is C13H15NO4. The summed E-state index contributed by atoms with van der Waals surface area (Å²) < 4.78 is 5.12. The van der Waals surface area contributed by atoms with Crippen LogP contribution >= 0.6 is 0 Å². The van der Waals surface area contributed by atoms with E-state index in [9.17, 15) is 14.7 Å². The quantitative estimate of drug-likeness (QED) is 0.758. The van der Waals surface area contributed by atoms with Gasteiger partial charge in [-0.15, -0.1) is 0 Å². The maximum Gasteiger partial charge on any atom is 0.329 e. The van der Waals surface area contributed by atoms with Crippen LogP contribution in [0, 0.1) is 0 Å². The molecule has 0 spiro atoms. The maximum atomic E-state index is 11.8. The highest BCUT2D eigenvalue weighted by Crippen LogP contribution is 2.14. The number of rotatable bonds is 2. The second kappa shape index (κ2) is 5.08. The number of nitrogens with one attached hydrogen (secondary N) is 1. The van der Waals surface area contributed by atoms with E-state index in [1.807, 2.05) is 0 Å². The number of benzene rings is 1. The smallest absolute Gasteiger partial charge is 0.329 e. The van der Waals surface area contributed by atoms with E-state index in [-0.39, 0.29) is 24.2 Å². The van der Waals surface area contributed by atoms with Gasteiger partial charge in [-0.25, -0.2) is 4.79 Å². The molecule has 96 valence electrons. The number of hydrogen-bond acceptors (Lipinski definition) is 4. The number of aromatic hydroxyl groups is 1. The highest BCUT2D eigenvalue weighted by Gasteiger charge is 2.29. The lowest BCUT2D eigenvalue weighted by Gasteiger charge is -2.14. The van der Waals surface area contributed by atoms with Crippen LogP contribution in [0.2, 0.25) is 0 Å². The molecule has 2 N–H and O–H groups in total. The zero-order valence-corrected chi connectivity index (χ0v) is 10.1. The second-order valence-corrected chi connectivity index (χ2v) is 4.44. The average Bonchev–Trinajstić information content (AvgIpc) is 2.41. The van der Waals surface area contributed by atoms with Gasteiger partial charge >= 0.3 is 5.97 Å². The van der Waals surface area contributed by atoms with Gasteiger partial charge in [0, 0.05) is 6.42 Å². The Morgan fingerprint density at radius 2 is 2.00 bits per heavy atom. The van der Waals surface area contributed by atoms with Gasteiger partial charge in [0.15, 0.2) is 0 Å². The molecule has 0 saturated carbocycles. The Labute approximate surface area is 105 Å². The third-order valence-corrected chi connectivity index (χ3v) is 2.79. The normalized spacial score (nSPS) is 24.1. The summed E-state index contributed by atoms with van der Waals surface area (Å²) in [7, 11) is 0. The first-order chi connectivity index (χ1) is 8.54. The molecule has 1 aromatic carbocycles. The first-order valence-electron chi connectivity index (χ1n) is 5.82. The van der Waals surface area contributed by atoms with Crippen LogP contribution < -0.4 is 5.32 Å². The third-order valence-electron chi connectivity index (χ3n) is 2.79. The van der Waals surface area contributed by atoms with Crippen molar-refractivity contribution in [2.75, 3.05) is 0 Å². The summed E-state index contributed by atoms with van der Waals surface area (Å²) in [5.41, 5.74) is 0.851. The van der Waals surface area contributed by atoms with E-state index in [0.29, 0.717) is 6.42 Å². The van der Waals surface area contributed by atoms with Crippen LogP contribution in [0.15, 0.2) is 24.3 Å². The van der Waals surface area contributed by atoms with Crippen molar-refractivity contribution >= 4 is 11.9 Å². The standard InChI is InChI=1S/C13H15NO4/c1-8-6-12(16)14-11(13(17)18-8)7-9-2-4-10(15)5-3-9/h2-5,8,11,15H,6-7H2,1H3,(H,14,16). The predicted octanol–water partition coefficient (Wildman–Crippen LogP) is 0.755. The molecule has 0 aliphatic carbocycles. The molecule has 0 bridgehead atoms. The zero-order valence-electron chi connectivity index (χ0n) is 10.1. The highest BCUT2D eigenvalue weighted by atomic mass is 16.5. The number of amides is 1. The molecule has 5 nitrogen and oxygen atoms in total. The Kier molecular flexibility index (Phi) is 3.50. The van der Waals surface area contributed by atoms with Crippen LogP contribution in [0.25, 0.3) is 0 Å². The van der Waals surface area contributed by atoms with Crippen molar-refractivity contribution in [1.82, 2.24) is 5.32 Å². The van der Waals surface area contributed by atoms with Crippen LogP contribution in [0.3, 0.4) is 0 Å². The van der Waals surface area contributed by atoms with Gasteiger partial charge < -0.3 is 15.2 Å². The second-order valence-electron chi connectivity index (χ2n) is 4.44. The van der Waals surface area contributed by atoms with Crippen molar-refractivity contribution < 1.29 is 19.4 Å². The molecule has 1 heterocycles. The minimum atomic E-state index is -0.660. The van der Waals surface area contributed by atoms with Crippen molar-refractivity contribution in [2.45, 2.75) is 31.9 Å². The van der Waals surface area contributed by atoms with E-state index in [1.165, 1.54) is 0 Å². The molecule has 1 fully saturated rings. The van der Waals surface area contributed by atoms with E-state index in [4.69, 9.17) is 4.74 Å². The Hall–Kier alpha value is -2.04. The van der Waals surface area contributed by atoms with Crippen LogP contribution in [0.5, 0.6) is 5.75 Å². The summed E-state index contributed by atoms with van der Waals surface area (Å²) in [5.74, 6) is -0.432. The van der Waals surface area contributed by atoms with Crippen LogP contribution in [0.4, 0.5) is 0 Å². The van der Waals surface area contributed by atoms with Crippen LogP contribution in [0.1, 0.15) is 18.9 Å². The van der Waals surface area contributed by atoms with E-state index in [1.54, 1.807) is 31.2 Å². The zero-order chi connectivity index (χ0) is 13.1. The number of carbonyl (C=O) groups is 2. The minimum absolute atomic E-state index is 0.167. The Morgan fingerprint density at radius 1 is 1.33 bits per heavy atom. The summed E-state index contributed by atoms with van der Waals surface area (Å²) in [6.07, 6.45) is 0.164. The number of esters is 1. The summed E-state index contributed by atoms with van der Waals surface area (Å²) >= 11 is 0. The first kappa shape index (κ1) is 12.4. The fourth-order valence-corrected chi connectivity index (χ4v) is 1.90. The lowest BCUT2D eigenvalue weighted by Crippen LogP contribution is -2.40. The summed E-state index contributed by atoms with van der Waals surface area (Å²) in [4.78, 5) is 23.3. The van der Waals surface area contributed by atoms with E-state index >= 15 is 0 Å². The number of ether oxygens (including phenoxy) is 1. The summed E-state index contributed by atoms with van der Waals surface area (Å²) in [5, 5.41) is 11.8. The molecule has 2 unspecified atom stereocenters. The lowest BCUT2D eigenvalue weighted by molar-refractivity contribution is -0.149. The predicted molar refractivity (Wildman–Crippen MR) is 63.9 cm³/mol. The SMILES string of the molecule is CC1CC(=O)NC(Cc2ccc(O)cc2)C(=O)O1. The van der Waals surface area contributed by atoms with Gasteiger partial charge in [0.05, 0.1) is 6.42 Å². The molecule has 5 heteroatoms. The number of phenols is 1. The molecule has 1 aliphatic heterocycles. The minimum Gasteiger partial charge on any atom is -0.508 e. The van der Waals surface area contributed by atoms with Crippen LogP contribution in [-0.4, -0.2) is 29.1 Å². The topological polar surface area (TPSA) is 75.6 Å². The van der Waals surface area contributed by atoms with Crippen molar-refractivity contribution in [3.05, 3.63) is 29.8 Å². The molecule has 0 radical (unpaired) electrons.